The fourth-order valence-corrected chi connectivity index (χ4v) is 5.14. The molecule has 0 aliphatic carbocycles. The third-order valence-electron chi connectivity index (χ3n) is 6.07. The van der Waals surface area contributed by atoms with Gasteiger partial charge in [0, 0.05) is 11.6 Å². The number of benzene rings is 3. The van der Waals surface area contributed by atoms with Gasteiger partial charge in [-0.15, -0.1) is 15.3 Å². The van der Waals surface area contributed by atoms with Gasteiger partial charge < -0.3 is 23.9 Å². The molecule has 2 heterocycles. The molecule has 2 aromatic heterocycles. The van der Waals surface area contributed by atoms with Gasteiger partial charge >= 0.3 is 0 Å². The van der Waals surface area contributed by atoms with Crippen molar-refractivity contribution in [3.05, 3.63) is 83.0 Å². The van der Waals surface area contributed by atoms with E-state index in [-0.39, 0.29) is 44.2 Å². The van der Waals surface area contributed by atoms with E-state index in [2.05, 4.69) is 30.5 Å². The van der Waals surface area contributed by atoms with Gasteiger partial charge in [-0.25, -0.2) is 4.68 Å². The van der Waals surface area contributed by atoms with Gasteiger partial charge in [-0.05, 0) is 60.8 Å². The summed E-state index contributed by atoms with van der Waals surface area (Å²) in [7, 11) is -8.78. The number of nitrogens with zero attached hydrogens (tertiary/aromatic N) is 6. The van der Waals surface area contributed by atoms with Crippen LogP contribution >= 0.6 is 10.9 Å². The van der Waals surface area contributed by atoms with E-state index in [9.17, 15) is 37.1 Å². The van der Waals surface area contributed by atoms with Gasteiger partial charge in [-0.2, -0.15) is 13.5 Å². The summed E-state index contributed by atoms with van der Waals surface area (Å²) in [4.78, 5) is 15.9. The Bertz CT molecular complexity index is 2100. The number of aromatic amines is 1. The summed E-state index contributed by atoms with van der Waals surface area (Å²) in [6, 6.07) is 11.7. The molecule has 0 amide bonds. The molecule has 0 fully saturated rings. The lowest BCUT2D eigenvalue weighted by molar-refractivity contribution is 0.375. The van der Waals surface area contributed by atoms with Gasteiger partial charge in [0.2, 0.25) is 0 Å². The number of fused-ring (bicyclic) bond motifs is 1. The summed E-state index contributed by atoms with van der Waals surface area (Å²) in [6.07, 6.45) is 2.43. The Labute approximate surface area is 243 Å². The summed E-state index contributed by atoms with van der Waals surface area (Å²) in [6.45, 7) is 1.57. The Morgan fingerprint density at radius 2 is 1.56 bits per heavy atom. The molecule has 0 atom stereocenters. The number of aromatic hydroxyl groups is 2. The monoisotopic (exact) mass is 627 g/mol. The zero-order chi connectivity index (χ0) is 31.1. The van der Waals surface area contributed by atoms with Crippen LogP contribution in [0.4, 0.5) is 22.7 Å². The number of aromatic nitrogens is 3. The largest absolute Gasteiger partial charge is 0.505 e. The molecule has 5 aromatic rings. The second-order valence-corrected chi connectivity index (χ2v) is 11.9. The van der Waals surface area contributed by atoms with Gasteiger partial charge in [-0.1, -0.05) is 6.07 Å². The first-order chi connectivity index (χ1) is 20.2. The predicted molar refractivity (Wildman–Crippen MR) is 155 cm³/mol. The maximum Gasteiger partial charge on any atom is 0.299 e. The Hall–Kier alpha value is -4.98. The molecule has 0 saturated carbocycles. The summed E-state index contributed by atoms with van der Waals surface area (Å²) >= 11 is 0. The SMILES string of the molecule is Cc1[nH]n(-c2ccc(S(=O)(=O)O)cc2)c(=O)c1N=Nc1ccc2cc(S(O)(O)O)c(N=Nc3ccncc3O)c(O)c2c1. The molecule has 222 valence electrons. The van der Waals surface area contributed by atoms with Crippen LogP contribution in [0.15, 0.2) is 102 Å². The minimum Gasteiger partial charge on any atom is -0.505 e. The molecule has 5 rings (SSSR count). The smallest absolute Gasteiger partial charge is 0.299 e. The molecule has 0 saturated heterocycles. The molecular weight excluding hydrogens is 606 g/mol. The predicted octanol–water partition coefficient (Wildman–Crippen LogP) is 6.09. The van der Waals surface area contributed by atoms with Crippen LogP contribution < -0.4 is 5.56 Å². The van der Waals surface area contributed by atoms with Crippen LogP contribution in [0.5, 0.6) is 11.5 Å². The Morgan fingerprint density at radius 3 is 2.21 bits per heavy atom. The van der Waals surface area contributed by atoms with E-state index >= 15 is 0 Å². The first-order valence-electron chi connectivity index (χ1n) is 11.9. The van der Waals surface area contributed by atoms with Crippen molar-refractivity contribution < 1.29 is 36.8 Å². The van der Waals surface area contributed by atoms with Crippen molar-refractivity contribution in [3.8, 4) is 17.2 Å². The fourth-order valence-electron chi connectivity index (χ4n) is 3.98. The summed E-state index contributed by atoms with van der Waals surface area (Å²) in [5.41, 5.74) is -0.432. The zero-order valence-corrected chi connectivity index (χ0v) is 23.4. The van der Waals surface area contributed by atoms with Crippen molar-refractivity contribution in [1.29, 1.82) is 0 Å². The first kappa shape index (κ1) is 29.5. The van der Waals surface area contributed by atoms with E-state index in [4.69, 9.17) is 4.55 Å². The van der Waals surface area contributed by atoms with Crippen LogP contribution in [0, 0.1) is 6.92 Å². The van der Waals surface area contributed by atoms with Crippen molar-refractivity contribution in [2.24, 2.45) is 20.5 Å². The second-order valence-electron chi connectivity index (χ2n) is 8.96. The standard InChI is InChI=1S/C25H21N7O9S2/c1-13-22(25(35)32(31-13)16-4-6-17(7-5-16)42(36,37)38)29-27-15-3-2-14-10-21(43(39,40)41)23(24(34)18(14)11-15)30-28-19-8-9-26-12-20(19)33/h2-12,31,33-34,39-41H,1H3,(H,36,37,38). The van der Waals surface area contributed by atoms with Crippen molar-refractivity contribution in [3.63, 3.8) is 0 Å². The number of phenolic OH excluding ortho intramolecular Hbond substituents is 1. The van der Waals surface area contributed by atoms with Crippen LogP contribution in [0.1, 0.15) is 5.69 Å². The molecule has 0 unspecified atom stereocenters. The molecule has 0 aliphatic heterocycles. The number of pyridine rings is 1. The highest BCUT2D eigenvalue weighted by Gasteiger charge is 2.25. The molecule has 3 aromatic carbocycles. The highest BCUT2D eigenvalue weighted by Crippen LogP contribution is 2.54. The van der Waals surface area contributed by atoms with Crippen molar-refractivity contribution in [1.82, 2.24) is 14.8 Å². The van der Waals surface area contributed by atoms with E-state index in [0.29, 0.717) is 5.69 Å². The minimum absolute atomic E-state index is 0.0423. The van der Waals surface area contributed by atoms with Crippen LogP contribution in [0.2, 0.25) is 0 Å². The Morgan fingerprint density at radius 1 is 0.860 bits per heavy atom. The Kier molecular flexibility index (Phi) is 7.56. The lowest BCUT2D eigenvalue weighted by Gasteiger charge is -2.22. The van der Waals surface area contributed by atoms with E-state index in [1.54, 1.807) is 6.92 Å². The van der Waals surface area contributed by atoms with E-state index in [1.807, 2.05) is 0 Å². The number of azo groups is 2. The lowest BCUT2D eigenvalue weighted by Crippen LogP contribution is -2.14. The van der Waals surface area contributed by atoms with Crippen molar-refractivity contribution in [2.75, 3.05) is 0 Å². The number of H-pyrrole nitrogens is 1. The molecule has 0 bridgehead atoms. The van der Waals surface area contributed by atoms with Gasteiger partial charge in [0.15, 0.2) is 17.2 Å². The maximum atomic E-state index is 13.0. The molecule has 16 nitrogen and oxygen atoms in total. The third-order valence-corrected chi connectivity index (χ3v) is 7.83. The highest BCUT2D eigenvalue weighted by atomic mass is 32.3. The number of hydrogen-bond donors (Lipinski definition) is 7. The van der Waals surface area contributed by atoms with Gasteiger partial charge in [0.25, 0.3) is 15.7 Å². The van der Waals surface area contributed by atoms with Crippen molar-refractivity contribution >= 4 is 54.5 Å². The van der Waals surface area contributed by atoms with Crippen LogP contribution in [0.25, 0.3) is 16.5 Å². The summed E-state index contributed by atoms with van der Waals surface area (Å²) in [5, 5.41) is 39.8. The van der Waals surface area contributed by atoms with Gasteiger partial charge in [0.05, 0.1) is 33.1 Å². The molecule has 0 aliphatic rings. The molecule has 0 radical (unpaired) electrons. The lowest BCUT2D eigenvalue weighted by atomic mass is 10.1. The second kappa shape index (κ2) is 11.0. The average Bonchev–Trinajstić information content (AvgIpc) is 3.23. The van der Waals surface area contributed by atoms with Crippen LogP contribution in [-0.4, -0.2) is 51.6 Å². The van der Waals surface area contributed by atoms with Crippen molar-refractivity contribution in [2.45, 2.75) is 16.7 Å². The van der Waals surface area contributed by atoms with Gasteiger partial charge in [-0.3, -0.25) is 19.4 Å². The van der Waals surface area contributed by atoms with E-state index in [1.165, 1.54) is 48.7 Å². The average molecular weight is 628 g/mol. The third kappa shape index (κ3) is 6.00. The normalized spacial score (nSPS) is 13.0. The fraction of sp³-hybridized carbons (Fsp3) is 0.0400. The van der Waals surface area contributed by atoms with E-state index in [0.717, 1.165) is 23.0 Å². The summed E-state index contributed by atoms with van der Waals surface area (Å²) < 4.78 is 62.8. The molecule has 0 spiro atoms. The topological polar surface area (TPSA) is 256 Å². The first-order valence-corrected chi connectivity index (χ1v) is 14.8. The van der Waals surface area contributed by atoms with E-state index < -0.39 is 42.9 Å². The highest BCUT2D eigenvalue weighted by molar-refractivity contribution is 8.19. The quantitative estimate of drug-likeness (QED) is 0.0806. The molecule has 43 heavy (non-hydrogen) atoms. The number of nitrogens with one attached hydrogen (secondary N) is 1. The molecular formula is C25H21N7O9S2. The molecule has 18 heteroatoms. The van der Waals surface area contributed by atoms with Crippen LogP contribution in [0.3, 0.4) is 0 Å². The van der Waals surface area contributed by atoms with Gasteiger partial charge in [0.1, 0.15) is 22.2 Å². The number of aryl methyl sites for hydroxylation is 1. The zero-order valence-electron chi connectivity index (χ0n) is 21.8. The number of phenols is 1. The minimum atomic E-state index is -4.41. The Balaban J connectivity index is 1.53. The maximum absolute atomic E-state index is 13.0. The number of hydrogen-bond acceptors (Lipinski definition) is 13. The van der Waals surface area contributed by atoms with Crippen LogP contribution in [-0.2, 0) is 10.1 Å². The molecule has 7 N–H and O–H groups in total. The number of rotatable bonds is 7. The summed E-state index contributed by atoms with van der Waals surface area (Å²) in [5.74, 6) is -0.926.